The number of benzene rings is 1. The molecule has 4 heteroatoms. The molecule has 17 heavy (non-hydrogen) atoms. The van der Waals surface area contributed by atoms with Crippen LogP contribution in [-0.2, 0) is 13.0 Å². The van der Waals surface area contributed by atoms with Gasteiger partial charge in [0, 0.05) is 25.4 Å². The molecule has 2 aromatic rings. The summed E-state index contributed by atoms with van der Waals surface area (Å²) in [6.07, 6.45) is 4.83. The van der Waals surface area contributed by atoms with Crippen molar-refractivity contribution >= 4 is 0 Å². The fourth-order valence-electron chi connectivity index (χ4n) is 2.15. The van der Waals surface area contributed by atoms with Crippen molar-refractivity contribution in [3.05, 3.63) is 53.6 Å². The van der Waals surface area contributed by atoms with Crippen LogP contribution in [0.1, 0.15) is 17.0 Å². The maximum Gasteiger partial charge on any atom is 0.129 e. The van der Waals surface area contributed by atoms with Crippen LogP contribution in [0, 0.1) is 11.3 Å². The van der Waals surface area contributed by atoms with Crippen LogP contribution in [0.15, 0.2) is 36.7 Å². The van der Waals surface area contributed by atoms with Gasteiger partial charge in [-0.25, -0.2) is 9.66 Å². The number of fused-ring (bicyclic) bond motifs is 1. The van der Waals surface area contributed by atoms with E-state index in [4.69, 9.17) is 5.26 Å². The Balaban J connectivity index is 1.78. The van der Waals surface area contributed by atoms with Crippen LogP contribution in [0.25, 0.3) is 0 Å². The molecule has 0 aliphatic carbocycles. The summed E-state index contributed by atoms with van der Waals surface area (Å²) in [4.78, 5) is 4.29. The first-order valence-electron chi connectivity index (χ1n) is 5.63. The van der Waals surface area contributed by atoms with Crippen molar-refractivity contribution in [2.75, 3.05) is 11.6 Å². The Labute approximate surface area is 99.7 Å². The minimum atomic E-state index is 0.707. The molecule has 3 rings (SSSR count). The molecule has 4 nitrogen and oxygen atoms in total. The fourth-order valence-corrected chi connectivity index (χ4v) is 2.15. The summed E-state index contributed by atoms with van der Waals surface area (Å²) < 4.78 is 2.11. The van der Waals surface area contributed by atoms with Gasteiger partial charge >= 0.3 is 0 Å². The molecular formula is C13H12N4. The maximum absolute atomic E-state index is 8.74. The Morgan fingerprint density at radius 1 is 1.29 bits per heavy atom. The van der Waals surface area contributed by atoms with Crippen molar-refractivity contribution in [2.45, 2.75) is 13.0 Å². The molecule has 0 spiro atoms. The van der Waals surface area contributed by atoms with Crippen molar-refractivity contribution in [1.82, 2.24) is 9.66 Å². The first-order chi connectivity index (χ1) is 8.36. The van der Waals surface area contributed by atoms with E-state index in [1.165, 1.54) is 5.56 Å². The highest BCUT2D eigenvalue weighted by molar-refractivity contribution is 5.32. The summed E-state index contributed by atoms with van der Waals surface area (Å²) in [7, 11) is 0. The molecule has 1 aliphatic rings. The number of rotatable bonds is 2. The number of nitriles is 1. The van der Waals surface area contributed by atoms with Crippen LogP contribution < -0.4 is 5.01 Å². The molecule has 0 atom stereocenters. The molecule has 0 saturated heterocycles. The minimum Gasteiger partial charge on any atom is -0.307 e. The van der Waals surface area contributed by atoms with Gasteiger partial charge in [0.15, 0.2) is 0 Å². The minimum absolute atomic E-state index is 0.707. The Kier molecular flexibility index (Phi) is 2.30. The maximum atomic E-state index is 8.74. The summed E-state index contributed by atoms with van der Waals surface area (Å²) in [5.74, 6) is 1.12. The normalized spacial score (nSPS) is 13.5. The van der Waals surface area contributed by atoms with E-state index in [9.17, 15) is 0 Å². The molecule has 84 valence electrons. The topological polar surface area (TPSA) is 44.9 Å². The largest absolute Gasteiger partial charge is 0.307 e. The lowest BCUT2D eigenvalue weighted by molar-refractivity contribution is 0.643. The van der Waals surface area contributed by atoms with Crippen LogP contribution in [0.4, 0.5) is 0 Å². The lowest BCUT2D eigenvalue weighted by Crippen LogP contribution is -2.29. The van der Waals surface area contributed by atoms with Crippen LogP contribution in [0.2, 0.25) is 0 Å². The van der Waals surface area contributed by atoms with Crippen LogP contribution >= 0.6 is 0 Å². The van der Waals surface area contributed by atoms with E-state index in [2.05, 4.69) is 20.7 Å². The smallest absolute Gasteiger partial charge is 0.129 e. The third-order valence-electron chi connectivity index (χ3n) is 3.04. The Morgan fingerprint density at radius 3 is 2.88 bits per heavy atom. The third kappa shape index (κ3) is 1.76. The Bertz CT molecular complexity index is 562. The summed E-state index contributed by atoms with van der Waals surface area (Å²) in [6, 6.07) is 9.87. The molecule has 0 radical (unpaired) electrons. The number of hydrogen-bond acceptors (Lipinski definition) is 3. The molecular weight excluding hydrogens is 212 g/mol. The van der Waals surface area contributed by atoms with Gasteiger partial charge in [0.25, 0.3) is 0 Å². The molecule has 1 aromatic heterocycles. The van der Waals surface area contributed by atoms with E-state index < -0.39 is 0 Å². The molecule has 1 aromatic carbocycles. The van der Waals surface area contributed by atoms with Crippen LogP contribution in [0.3, 0.4) is 0 Å². The van der Waals surface area contributed by atoms with Crippen molar-refractivity contribution in [3.63, 3.8) is 0 Å². The van der Waals surface area contributed by atoms with Gasteiger partial charge in [-0.05, 0) is 17.7 Å². The van der Waals surface area contributed by atoms with Crippen molar-refractivity contribution in [1.29, 1.82) is 5.26 Å². The monoisotopic (exact) mass is 224 g/mol. The van der Waals surface area contributed by atoms with Gasteiger partial charge in [0.1, 0.15) is 5.82 Å². The Hall–Kier alpha value is -2.28. The fraction of sp³-hybridized carbons (Fsp3) is 0.231. The zero-order valence-corrected chi connectivity index (χ0v) is 9.37. The summed E-state index contributed by atoms with van der Waals surface area (Å²) in [6.45, 7) is 1.86. The van der Waals surface area contributed by atoms with Crippen molar-refractivity contribution in [2.24, 2.45) is 0 Å². The van der Waals surface area contributed by atoms with Gasteiger partial charge in [0.2, 0.25) is 0 Å². The first kappa shape index (κ1) is 9.91. The van der Waals surface area contributed by atoms with E-state index in [1.807, 2.05) is 36.7 Å². The number of imidazole rings is 1. The van der Waals surface area contributed by atoms with E-state index >= 15 is 0 Å². The summed E-state index contributed by atoms with van der Waals surface area (Å²) in [5.41, 5.74) is 1.92. The van der Waals surface area contributed by atoms with Gasteiger partial charge in [-0.2, -0.15) is 5.26 Å². The number of aromatic nitrogens is 2. The first-order valence-corrected chi connectivity index (χ1v) is 5.63. The SMILES string of the molecule is N#Cc1ccc(CN2CCc3nccn32)cc1. The second kappa shape index (κ2) is 3.95. The van der Waals surface area contributed by atoms with Crippen molar-refractivity contribution < 1.29 is 0 Å². The average Bonchev–Trinajstić information content (AvgIpc) is 2.95. The van der Waals surface area contributed by atoms with Gasteiger partial charge < -0.3 is 5.01 Å². The predicted molar refractivity (Wildman–Crippen MR) is 63.9 cm³/mol. The van der Waals surface area contributed by atoms with E-state index in [0.29, 0.717) is 5.56 Å². The average molecular weight is 224 g/mol. The molecule has 0 unspecified atom stereocenters. The Morgan fingerprint density at radius 2 is 2.12 bits per heavy atom. The predicted octanol–water partition coefficient (Wildman–Crippen LogP) is 1.45. The third-order valence-corrected chi connectivity index (χ3v) is 3.04. The number of nitrogens with zero attached hydrogens (tertiary/aromatic N) is 4. The van der Waals surface area contributed by atoms with Gasteiger partial charge in [-0.15, -0.1) is 0 Å². The molecule has 0 bridgehead atoms. The molecule has 0 amide bonds. The summed E-state index contributed by atoms with van der Waals surface area (Å²) >= 11 is 0. The summed E-state index contributed by atoms with van der Waals surface area (Å²) in [5, 5.41) is 11.0. The highest BCUT2D eigenvalue weighted by Gasteiger charge is 2.18. The van der Waals surface area contributed by atoms with Crippen LogP contribution in [0.5, 0.6) is 0 Å². The van der Waals surface area contributed by atoms with E-state index in [0.717, 1.165) is 25.3 Å². The standard InChI is InChI=1S/C13H12N4/c14-9-11-1-3-12(4-2-11)10-16-7-5-13-15-6-8-17(13)16/h1-4,6,8H,5,7,10H2. The molecule has 0 fully saturated rings. The second-order valence-electron chi connectivity index (χ2n) is 4.13. The molecule has 2 heterocycles. The lowest BCUT2D eigenvalue weighted by Gasteiger charge is -2.20. The van der Waals surface area contributed by atoms with E-state index in [1.54, 1.807) is 0 Å². The van der Waals surface area contributed by atoms with E-state index in [-0.39, 0.29) is 0 Å². The highest BCUT2D eigenvalue weighted by Crippen LogP contribution is 2.13. The molecule has 0 saturated carbocycles. The number of hydrogen-bond donors (Lipinski definition) is 0. The van der Waals surface area contributed by atoms with Crippen molar-refractivity contribution in [3.8, 4) is 6.07 Å². The van der Waals surface area contributed by atoms with Gasteiger partial charge in [-0.1, -0.05) is 12.1 Å². The van der Waals surface area contributed by atoms with Gasteiger partial charge in [0.05, 0.1) is 18.2 Å². The van der Waals surface area contributed by atoms with Crippen LogP contribution in [-0.4, -0.2) is 16.2 Å². The van der Waals surface area contributed by atoms with Gasteiger partial charge in [-0.3, -0.25) is 0 Å². The second-order valence-corrected chi connectivity index (χ2v) is 4.13. The molecule has 1 aliphatic heterocycles. The molecule has 0 N–H and O–H groups in total. The lowest BCUT2D eigenvalue weighted by atomic mass is 10.1. The zero-order chi connectivity index (χ0) is 11.7. The highest BCUT2D eigenvalue weighted by atomic mass is 15.6. The zero-order valence-electron chi connectivity index (χ0n) is 9.37. The quantitative estimate of drug-likeness (QED) is 0.775.